The Balaban J connectivity index is 2.61. The van der Waals surface area contributed by atoms with Crippen LogP contribution in [0, 0.1) is 18.8 Å². The number of hydrogen-bond donors (Lipinski definition) is 1. The maximum atomic E-state index is 4.02. The van der Waals surface area contributed by atoms with Crippen LogP contribution in [0.2, 0.25) is 0 Å². The molecule has 0 atom stereocenters. The normalized spacial score (nSPS) is 9.08. The summed E-state index contributed by atoms with van der Waals surface area (Å²) in [6, 6.07) is 1.97. The fourth-order valence-electron chi connectivity index (χ4n) is 0.922. The van der Waals surface area contributed by atoms with Gasteiger partial charge in [0.1, 0.15) is 0 Å². The average molecular weight is 174 g/mol. The summed E-state index contributed by atoms with van der Waals surface area (Å²) in [5.41, 5.74) is 2.19. The van der Waals surface area contributed by atoms with Gasteiger partial charge < -0.3 is 5.32 Å². The smallest absolute Gasteiger partial charge is 0.0580 e. The summed E-state index contributed by atoms with van der Waals surface area (Å²) < 4.78 is 0. The van der Waals surface area contributed by atoms with Gasteiger partial charge in [-0.3, -0.25) is 4.98 Å². The fourth-order valence-corrected chi connectivity index (χ4v) is 0.922. The quantitative estimate of drug-likeness (QED) is 0.541. The predicted molar refractivity (Wildman–Crippen MR) is 54.4 cm³/mol. The van der Waals surface area contributed by atoms with Gasteiger partial charge in [-0.2, -0.15) is 0 Å². The summed E-state index contributed by atoms with van der Waals surface area (Å²) in [4.78, 5) is 4.02. The highest BCUT2D eigenvalue weighted by Gasteiger charge is 1.90. The number of nitrogens with zero attached hydrogens (tertiary/aromatic N) is 1. The van der Waals surface area contributed by atoms with Crippen molar-refractivity contribution >= 4 is 0 Å². The van der Waals surface area contributed by atoms with Crippen LogP contribution in [0.3, 0.4) is 0 Å². The van der Waals surface area contributed by atoms with Gasteiger partial charge in [-0.15, -0.1) is 0 Å². The molecule has 0 fully saturated rings. The average Bonchev–Trinajstić information content (AvgIpc) is 2.15. The lowest BCUT2D eigenvalue weighted by Crippen LogP contribution is -2.11. The standard InChI is InChI=1S/C11H14N2/c1-3-12-7-4-5-11-9-13-8-6-10(11)2/h6,8-9,12H,3,7H2,1-2H3. The summed E-state index contributed by atoms with van der Waals surface area (Å²) >= 11 is 0. The van der Waals surface area contributed by atoms with Crippen molar-refractivity contribution in [2.75, 3.05) is 13.1 Å². The zero-order valence-corrected chi connectivity index (χ0v) is 8.09. The summed E-state index contributed by atoms with van der Waals surface area (Å²) in [7, 11) is 0. The molecular formula is C11H14N2. The van der Waals surface area contributed by atoms with Crippen molar-refractivity contribution in [3.8, 4) is 11.8 Å². The Hall–Kier alpha value is -1.33. The van der Waals surface area contributed by atoms with Gasteiger partial charge in [-0.05, 0) is 25.1 Å². The largest absolute Gasteiger partial charge is 0.306 e. The van der Waals surface area contributed by atoms with Crippen molar-refractivity contribution in [1.29, 1.82) is 0 Å². The van der Waals surface area contributed by atoms with E-state index in [1.807, 2.05) is 13.0 Å². The van der Waals surface area contributed by atoms with Gasteiger partial charge in [0.05, 0.1) is 6.54 Å². The Kier molecular flexibility index (Phi) is 4.01. The maximum absolute atomic E-state index is 4.02. The lowest BCUT2D eigenvalue weighted by Gasteiger charge is -1.94. The molecule has 0 saturated carbocycles. The number of hydrogen-bond acceptors (Lipinski definition) is 2. The summed E-state index contributed by atoms with van der Waals surface area (Å²) in [6.07, 6.45) is 3.58. The molecule has 0 amide bonds. The van der Waals surface area contributed by atoms with E-state index < -0.39 is 0 Å². The lowest BCUT2D eigenvalue weighted by atomic mass is 10.2. The first-order valence-corrected chi connectivity index (χ1v) is 4.44. The highest BCUT2D eigenvalue weighted by molar-refractivity contribution is 5.38. The first kappa shape index (κ1) is 9.76. The van der Waals surface area contributed by atoms with E-state index in [0.29, 0.717) is 0 Å². The first-order valence-electron chi connectivity index (χ1n) is 4.44. The number of aromatic nitrogens is 1. The highest BCUT2D eigenvalue weighted by Crippen LogP contribution is 2.01. The molecule has 13 heavy (non-hydrogen) atoms. The summed E-state index contributed by atoms with van der Waals surface area (Å²) in [5.74, 6) is 6.12. The van der Waals surface area contributed by atoms with Crippen molar-refractivity contribution in [3.05, 3.63) is 29.6 Å². The number of aryl methyl sites for hydroxylation is 1. The van der Waals surface area contributed by atoms with E-state index in [9.17, 15) is 0 Å². The molecule has 0 aliphatic rings. The Morgan fingerprint density at radius 2 is 2.38 bits per heavy atom. The number of nitrogens with one attached hydrogen (secondary N) is 1. The van der Waals surface area contributed by atoms with Crippen LogP contribution < -0.4 is 5.32 Å². The van der Waals surface area contributed by atoms with Crippen LogP contribution in [0.25, 0.3) is 0 Å². The molecule has 0 aliphatic heterocycles. The molecule has 0 radical (unpaired) electrons. The van der Waals surface area contributed by atoms with Crippen molar-refractivity contribution < 1.29 is 0 Å². The van der Waals surface area contributed by atoms with Crippen LogP contribution >= 0.6 is 0 Å². The highest BCUT2D eigenvalue weighted by atomic mass is 14.8. The lowest BCUT2D eigenvalue weighted by molar-refractivity contribution is 0.811. The summed E-state index contributed by atoms with van der Waals surface area (Å²) in [6.45, 7) is 5.81. The molecule has 0 spiro atoms. The molecule has 68 valence electrons. The van der Waals surface area contributed by atoms with E-state index in [4.69, 9.17) is 0 Å². The third-order valence-electron chi connectivity index (χ3n) is 1.73. The van der Waals surface area contributed by atoms with E-state index in [0.717, 1.165) is 18.7 Å². The van der Waals surface area contributed by atoms with E-state index in [1.54, 1.807) is 12.4 Å². The molecule has 0 bridgehead atoms. The second-order valence-corrected chi connectivity index (χ2v) is 2.77. The molecule has 0 saturated heterocycles. The Labute approximate surface area is 79.4 Å². The van der Waals surface area contributed by atoms with Crippen molar-refractivity contribution in [2.24, 2.45) is 0 Å². The van der Waals surface area contributed by atoms with Gasteiger partial charge in [-0.1, -0.05) is 18.8 Å². The topological polar surface area (TPSA) is 24.9 Å². The van der Waals surface area contributed by atoms with Crippen LogP contribution in [0.4, 0.5) is 0 Å². The van der Waals surface area contributed by atoms with Gasteiger partial charge in [0.2, 0.25) is 0 Å². The minimum absolute atomic E-state index is 0.741. The van der Waals surface area contributed by atoms with Crippen LogP contribution in [0.5, 0.6) is 0 Å². The zero-order valence-electron chi connectivity index (χ0n) is 8.09. The molecule has 0 unspecified atom stereocenters. The Bertz CT molecular complexity index is 320. The minimum Gasteiger partial charge on any atom is -0.306 e. The second kappa shape index (κ2) is 5.34. The third-order valence-corrected chi connectivity index (χ3v) is 1.73. The van der Waals surface area contributed by atoms with Crippen LogP contribution in [0.1, 0.15) is 18.1 Å². The monoisotopic (exact) mass is 174 g/mol. The molecule has 1 heterocycles. The van der Waals surface area contributed by atoms with Crippen molar-refractivity contribution in [3.63, 3.8) is 0 Å². The maximum Gasteiger partial charge on any atom is 0.0580 e. The molecule has 1 aromatic rings. The Morgan fingerprint density at radius 3 is 3.08 bits per heavy atom. The minimum atomic E-state index is 0.741. The molecule has 1 aromatic heterocycles. The number of pyridine rings is 1. The Morgan fingerprint density at radius 1 is 1.54 bits per heavy atom. The van der Waals surface area contributed by atoms with Gasteiger partial charge in [0.15, 0.2) is 0 Å². The van der Waals surface area contributed by atoms with Crippen LogP contribution in [0.15, 0.2) is 18.5 Å². The molecule has 1 rings (SSSR count). The van der Waals surface area contributed by atoms with Crippen LogP contribution in [-0.2, 0) is 0 Å². The molecule has 0 aliphatic carbocycles. The van der Waals surface area contributed by atoms with E-state index in [2.05, 4.69) is 29.1 Å². The van der Waals surface area contributed by atoms with Gasteiger partial charge in [0.25, 0.3) is 0 Å². The SMILES string of the molecule is CCNCC#Cc1cnccc1C. The molecule has 2 nitrogen and oxygen atoms in total. The van der Waals surface area contributed by atoms with Crippen molar-refractivity contribution in [1.82, 2.24) is 10.3 Å². The van der Waals surface area contributed by atoms with Crippen molar-refractivity contribution in [2.45, 2.75) is 13.8 Å². The molecule has 0 aromatic carbocycles. The summed E-state index contributed by atoms with van der Waals surface area (Å²) in [5, 5.41) is 3.14. The first-order chi connectivity index (χ1) is 6.34. The number of rotatable bonds is 2. The van der Waals surface area contributed by atoms with Gasteiger partial charge in [0, 0.05) is 18.0 Å². The van der Waals surface area contributed by atoms with Crippen LogP contribution in [-0.4, -0.2) is 18.1 Å². The zero-order chi connectivity index (χ0) is 9.52. The van der Waals surface area contributed by atoms with Gasteiger partial charge in [-0.25, -0.2) is 0 Å². The van der Waals surface area contributed by atoms with Gasteiger partial charge >= 0.3 is 0 Å². The molecule has 1 N–H and O–H groups in total. The third kappa shape index (κ3) is 3.27. The van der Waals surface area contributed by atoms with E-state index >= 15 is 0 Å². The van der Waals surface area contributed by atoms with E-state index in [-0.39, 0.29) is 0 Å². The predicted octanol–water partition coefficient (Wildman–Crippen LogP) is 1.35. The fraction of sp³-hybridized carbons (Fsp3) is 0.364. The molecular weight excluding hydrogens is 160 g/mol. The van der Waals surface area contributed by atoms with E-state index in [1.165, 1.54) is 5.56 Å². The second-order valence-electron chi connectivity index (χ2n) is 2.77. The molecule has 2 heteroatoms.